The maximum absolute atomic E-state index is 13.6. The number of aliphatic hydroxyl groups excluding tert-OH is 5. The lowest BCUT2D eigenvalue weighted by Gasteiger charge is -2.48. The highest BCUT2D eigenvalue weighted by molar-refractivity contribution is 7.99. The topological polar surface area (TPSA) is 506 Å². The number of hydrogen-bond acceptors (Lipinski definition) is 22. The van der Waals surface area contributed by atoms with E-state index in [0.29, 0.717) is 19.4 Å². The lowest BCUT2D eigenvalue weighted by molar-refractivity contribution is -0.333. The summed E-state index contributed by atoms with van der Waals surface area (Å²) in [4.78, 5) is 126. The van der Waals surface area contributed by atoms with Gasteiger partial charge in [0.25, 0.3) is 0 Å². The Labute approximate surface area is 428 Å². The van der Waals surface area contributed by atoms with Gasteiger partial charge in [-0.1, -0.05) is 0 Å². The molecule has 0 spiro atoms. The van der Waals surface area contributed by atoms with E-state index in [2.05, 4.69) is 37.2 Å². The molecule has 32 heteroatoms. The van der Waals surface area contributed by atoms with Crippen LogP contribution in [-0.4, -0.2) is 235 Å². The number of hydrogen-bond donors (Lipinski definition) is 17. The second kappa shape index (κ2) is 31.5. The summed E-state index contributed by atoms with van der Waals surface area (Å²) in [6, 6.07) is -11.9. The summed E-state index contributed by atoms with van der Waals surface area (Å²) < 4.78 is 23.1. The van der Waals surface area contributed by atoms with Crippen LogP contribution in [0.25, 0.3) is 0 Å². The van der Waals surface area contributed by atoms with Crippen molar-refractivity contribution in [3.8, 4) is 0 Å². The zero-order valence-corrected chi connectivity index (χ0v) is 42.1. The van der Waals surface area contributed by atoms with Gasteiger partial charge in [-0.3, -0.25) is 38.4 Å². The number of nitrogens with two attached hydrogens (primary N) is 2. The summed E-state index contributed by atoms with van der Waals surface area (Å²) in [6.45, 7) is 4.24. The monoisotopic (exact) mass is 1090 g/mol. The van der Waals surface area contributed by atoms with Crippen molar-refractivity contribution < 1.29 is 108 Å². The van der Waals surface area contributed by atoms with Crippen LogP contribution in [0.15, 0.2) is 0 Å². The molecule has 0 radical (unpaired) electrons. The molecule has 2 aliphatic heterocycles. The van der Waals surface area contributed by atoms with E-state index in [1.165, 1.54) is 6.92 Å². The fourth-order valence-electron chi connectivity index (χ4n) is 7.31. The number of carbonyl (C=O) groups is 10. The molecule has 2 fully saturated rings. The molecular formula is C42H71N9O22S. The first kappa shape index (κ1) is 64.7. The number of amides is 7. The molecule has 0 aliphatic carbocycles. The summed E-state index contributed by atoms with van der Waals surface area (Å²) in [6.07, 6.45) is -15.4. The van der Waals surface area contributed by atoms with Gasteiger partial charge in [0.2, 0.25) is 41.4 Å². The maximum atomic E-state index is 13.6. The molecule has 0 bridgehead atoms. The van der Waals surface area contributed by atoms with Crippen LogP contribution in [0.1, 0.15) is 66.7 Å². The Hall–Kier alpha value is -5.39. The van der Waals surface area contributed by atoms with E-state index in [0.717, 1.165) is 39.5 Å². The predicted molar refractivity (Wildman–Crippen MR) is 251 cm³/mol. The molecule has 17 unspecified atom stereocenters. The minimum absolute atomic E-state index is 0.0474. The highest BCUT2D eigenvalue weighted by atomic mass is 32.2. The van der Waals surface area contributed by atoms with E-state index in [9.17, 15) is 83.7 Å². The Morgan fingerprint density at radius 2 is 1.16 bits per heavy atom. The molecule has 74 heavy (non-hydrogen) atoms. The number of unbranched alkanes of at least 4 members (excludes halogenated alkanes) is 1. The van der Waals surface area contributed by atoms with Crippen molar-refractivity contribution >= 4 is 71.0 Å². The second-order valence-electron chi connectivity index (χ2n) is 17.4. The van der Waals surface area contributed by atoms with Crippen molar-refractivity contribution in [3.05, 3.63) is 0 Å². The van der Waals surface area contributed by atoms with Gasteiger partial charge < -0.3 is 108 Å². The summed E-state index contributed by atoms with van der Waals surface area (Å²) >= 11 is 0.844. The van der Waals surface area contributed by atoms with Crippen LogP contribution in [0.5, 0.6) is 0 Å². The standard InChI is InChI=1S/C42H71N9O22S/c1-16(45-36(61)18(3)70-33-29(48-20(5)55)41(69)71-26(13-53)32(33)73-42-28(47-19(4)54)31(58)30(57)25(12-52)72-42)34(59)51-23(40(67)68)9-10-27(56)49-24(15-74-14-21(44)38(63)64)37(62)46-17(2)35(60)50-22(39(65)66)8-6-7-11-43/h16-18,21-26,28-33,41-42,52-53,57-58,69H,6-15,43-44H2,1-5H3,(H,45,61)(H,46,62)(H,47,54)(H,48,55)(H,49,56)(H,50,60)(H,51,59)(H,63,64)(H,65,66)(H,67,68). The molecule has 2 saturated heterocycles. The van der Waals surface area contributed by atoms with Crippen LogP contribution >= 0.6 is 11.8 Å². The average molecular weight is 1090 g/mol. The van der Waals surface area contributed by atoms with Crippen LogP contribution in [0.2, 0.25) is 0 Å². The smallest absolute Gasteiger partial charge is 0.326 e. The first-order chi connectivity index (χ1) is 34.7. The van der Waals surface area contributed by atoms with Crippen LogP contribution in [0.4, 0.5) is 0 Å². The zero-order chi connectivity index (χ0) is 56.1. The Morgan fingerprint density at radius 1 is 0.622 bits per heavy atom. The van der Waals surface area contributed by atoms with E-state index in [1.807, 2.05) is 0 Å². The summed E-state index contributed by atoms with van der Waals surface area (Å²) in [5.41, 5.74) is 11.0. The van der Waals surface area contributed by atoms with E-state index < -0.39 is 189 Å². The lowest BCUT2D eigenvalue weighted by atomic mass is 9.94. The van der Waals surface area contributed by atoms with E-state index in [-0.39, 0.29) is 17.9 Å². The molecular weight excluding hydrogens is 1010 g/mol. The Balaban J connectivity index is 2.21. The minimum Gasteiger partial charge on any atom is -0.480 e. The number of carboxylic acids is 3. The fourth-order valence-corrected chi connectivity index (χ4v) is 8.31. The average Bonchev–Trinajstić information content (AvgIpc) is 3.32. The van der Waals surface area contributed by atoms with E-state index in [4.69, 9.17) is 35.5 Å². The van der Waals surface area contributed by atoms with E-state index in [1.54, 1.807) is 0 Å². The van der Waals surface area contributed by atoms with Crippen molar-refractivity contribution in [2.24, 2.45) is 11.5 Å². The number of carbonyl (C=O) groups excluding carboxylic acids is 7. The van der Waals surface area contributed by atoms with Crippen LogP contribution < -0.4 is 48.7 Å². The molecule has 19 N–H and O–H groups in total. The molecule has 17 atom stereocenters. The quantitative estimate of drug-likeness (QED) is 0.0287. The normalized spacial score (nSPS) is 26.5. The molecule has 0 aromatic heterocycles. The van der Waals surface area contributed by atoms with Gasteiger partial charge in [0.15, 0.2) is 12.6 Å². The number of aliphatic hydroxyl groups is 5. The third-order valence-electron chi connectivity index (χ3n) is 11.4. The largest absolute Gasteiger partial charge is 0.480 e. The molecule has 2 aliphatic rings. The van der Waals surface area contributed by atoms with Crippen LogP contribution in [-0.2, 0) is 66.9 Å². The van der Waals surface area contributed by atoms with Gasteiger partial charge in [-0.25, -0.2) is 9.59 Å². The fraction of sp³-hybridized carbons (Fsp3) is 0.762. The number of rotatable bonds is 31. The van der Waals surface area contributed by atoms with Gasteiger partial charge in [0.1, 0.15) is 91.1 Å². The van der Waals surface area contributed by atoms with Gasteiger partial charge in [-0.15, -0.1) is 0 Å². The predicted octanol–water partition coefficient (Wildman–Crippen LogP) is -8.01. The molecule has 31 nitrogen and oxygen atoms in total. The first-order valence-electron chi connectivity index (χ1n) is 23.3. The Bertz CT molecular complexity index is 1940. The van der Waals surface area contributed by atoms with Crippen LogP contribution in [0.3, 0.4) is 0 Å². The molecule has 0 saturated carbocycles. The minimum atomic E-state index is -1.92. The van der Waals surface area contributed by atoms with Crippen LogP contribution in [0, 0.1) is 0 Å². The molecule has 0 aromatic carbocycles. The van der Waals surface area contributed by atoms with Crippen molar-refractivity contribution in [2.45, 2.75) is 170 Å². The van der Waals surface area contributed by atoms with Crippen molar-refractivity contribution in [1.29, 1.82) is 0 Å². The number of thioether (sulfide) groups is 1. The van der Waals surface area contributed by atoms with Gasteiger partial charge in [0, 0.05) is 31.8 Å². The first-order valence-corrected chi connectivity index (χ1v) is 24.5. The molecule has 2 heterocycles. The molecule has 422 valence electrons. The van der Waals surface area contributed by atoms with Gasteiger partial charge in [-0.05, 0) is 53.0 Å². The molecule has 2 rings (SSSR count). The summed E-state index contributed by atoms with van der Waals surface area (Å²) in [5, 5.41) is 97.2. The lowest BCUT2D eigenvalue weighted by Crippen LogP contribution is -2.70. The third kappa shape index (κ3) is 20.4. The van der Waals surface area contributed by atoms with Gasteiger partial charge in [0.05, 0.1) is 13.2 Å². The Morgan fingerprint density at radius 3 is 1.68 bits per heavy atom. The second-order valence-corrected chi connectivity index (χ2v) is 18.5. The Kier molecular flexibility index (Phi) is 27.5. The highest BCUT2D eigenvalue weighted by Crippen LogP contribution is 2.31. The summed E-state index contributed by atoms with van der Waals surface area (Å²) in [5.74, 6) is -11.2. The maximum Gasteiger partial charge on any atom is 0.326 e. The summed E-state index contributed by atoms with van der Waals surface area (Å²) in [7, 11) is 0. The number of nitrogens with one attached hydrogen (secondary N) is 7. The number of carboxylic acid groups (broad SMARTS) is 3. The molecule has 7 amide bonds. The third-order valence-corrected chi connectivity index (χ3v) is 12.5. The SMILES string of the molecule is CC(=O)NC1C(OC2C(CO)OC(O)C(NC(C)=O)C2OC(C)C(=O)NC(C)C(=O)NC(CCC(=O)NC(CSCC(N)C(=O)O)C(=O)NC(C)C(=O)NC(CCCCN)C(=O)O)C(=O)O)OC(CO)C(O)C1O. The number of aliphatic carboxylic acids is 3. The van der Waals surface area contributed by atoms with Crippen molar-refractivity contribution in [3.63, 3.8) is 0 Å². The number of ether oxygens (including phenoxy) is 4. The van der Waals surface area contributed by atoms with Crippen molar-refractivity contribution in [1.82, 2.24) is 37.2 Å². The molecule has 0 aromatic rings. The highest BCUT2D eigenvalue weighted by Gasteiger charge is 2.53. The van der Waals surface area contributed by atoms with Gasteiger partial charge in [-0.2, -0.15) is 11.8 Å². The van der Waals surface area contributed by atoms with E-state index >= 15 is 0 Å². The van der Waals surface area contributed by atoms with Gasteiger partial charge >= 0.3 is 17.9 Å². The van der Waals surface area contributed by atoms with Crippen molar-refractivity contribution in [2.75, 3.05) is 31.3 Å². The zero-order valence-electron chi connectivity index (χ0n) is 41.2.